The van der Waals surface area contributed by atoms with Gasteiger partial charge in [0.2, 0.25) is 5.13 Å². The second-order valence-corrected chi connectivity index (χ2v) is 5.06. The number of ether oxygens (including phenoxy) is 1. The van der Waals surface area contributed by atoms with Crippen molar-refractivity contribution in [1.29, 1.82) is 0 Å². The summed E-state index contributed by atoms with van der Waals surface area (Å²) in [5.74, 6) is 0.436. The Hall–Kier alpha value is -1.60. The van der Waals surface area contributed by atoms with E-state index in [1.807, 2.05) is 5.38 Å². The second kappa shape index (κ2) is 5.83. The highest BCUT2D eigenvalue weighted by atomic mass is 79.9. The summed E-state index contributed by atoms with van der Waals surface area (Å²) < 4.78 is 5.85. The molecule has 0 saturated heterocycles. The van der Waals surface area contributed by atoms with Crippen molar-refractivity contribution in [3.63, 3.8) is 0 Å². The normalized spacial score (nSPS) is 10.8. The van der Waals surface area contributed by atoms with Gasteiger partial charge in [0.25, 0.3) is 0 Å². The molecule has 0 aliphatic heterocycles. The monoisotopic (exact) mass is 327 g/mol. The Bertz CT molecular complexity index is 558. The summed E-state index contributed by atoms with van der Waals surface area (Å²) in [5, 5.41) is 16.4. The molecular formula is C11H10BrN3O2S. The van der Waals surface area contributed by atoms with E-state index in [9.17, 15) is 5.11 Å². The van der Waals surface area contributed by atoms with Crippen LogP contribution < -0.4 is 10.2 Å². The van der Waals surface area contributed by atoms with Crippen LogP contribution in [0.5, 0.6) is 11.5 Å². The molecule has 0 aliphatic carbocycles. The van der Waals surface area contributed by atoms with Crippen LogP contribution in [0, 0.1) is 0 Å². The summed E-state index contributed by atoms with van der Waals surface area (Å²) in [6.45, 7) is 0. The lowest BCUT2D eigenvalue weighted by molar-refractivity contribution is 0.373. The van der Waals surface area contributed by atoms with E-state index in [1.165, 1.54) is 24.7 Å². The minimum atomic E-state index is 0.0467. The van der Waals surface area contributed by atoms with Gasteiger partial charge < -0.3 is 9.84 Å². The first-order valence-electron chi connectivity index (χ1n) is 4.96. The molecule has 0 atom stereocenters. The van der Waals surface area contributed by atoms with Gasteiger partial charge >= 0.3 is 0 Å². The minimum absolute atomic E-state index is 0.0467. The topological polar surface area (TPSA) is 66.7 Å². The van der Waals surface area contributed by atoms with Crippen LogP contribution >= 0.6 is 27.3 Å². The number of hydrogen-bond acceptors (Lipinski definition) is 6. The number of anilines is 1. The molecule has 2 rings (SSSR count). The molecule has 0 bridgehead atoms. The van der Waals surface area contributed by atoms with E-state index in [4.69, 9.17) is 4.74 Å². The predicted octanol–water partition coefficient (Wildman–Crippen LogP) is 3.07. The molecule has 7 heteroatoms. The summed E-state index contributed by atoms with van der Waals surface area (Å²) in [6, 6.07) is 3.42. The van der Waals surface area contributed by atoms with E-state index in [0.29, 0.717) is 16.4 Å². The van der Waals surface area contributed by atoms with Gasteiger partial charge in [-0.1, -0.05) is 15.9 Å². The predicted molar refractivity (Wildman–Crippen MR) is 75.7 cm³/mol. The van der Waals surface area contributed by atoms with Crippen LogP contribution in [0.4, 0.5) is 5.13 Å². The van der Waals surface area contributed by atoms with Crippen molar-refractivity contribution in [2.45, 2.75) is 0 Å². The molecule has 2 N–H and O–H groups in total. The van der Waals surface area contributed by atoms with Gasteiger partial charge in [0, 0.05) is 21.6 Å². The van der Waals surface area contributed by atoms with Gasteiger partial charge in [-0.2, -0.15) is 5.10 Å². The number of benzene rings is 1. The molecule has 94 valence electrons. The number of hydrazone groups is 1. The maximum absolute atomic E-state index is 9.89. The molecule has 0 spiro atoms. The minimum Gasteiger partial charge on any atom is -0.504 e. The van der Waals surface area contributed by atoms with Crippen molar-refractivity contribution in [3.05, 3.63) is 33.7 Å². The Balaban J connectivity index is 2.18. The first-order chi connectivity index (χ1) is 8.70. The number of aromatic nitrogens is 1. The highest BCUT2D eigenvalue weighted by Gasteiger charge is 2.07. The van der Waals surface area contributed by atoms with Gasteiger partial charge in [0.15, 0.2) is 11.5 Å². The molecule has 1 aromatic carbocycles. The number of phenols is 1. The molecule has 1 aromatic heterocycles. The molecule has 2 aromatic rings. The Morgan fingerprint density at radius 3 is 3.06 bits per heavy atom. The second-order valence-electron chi connectivity index (χ2n) is 3.25. The third-order valence-electron chi connectivity index (χ3n) is 2.09. The van der Waals surface area contributed by atoms with Crippen LogP contribution in [0.15, 0.2) is 33.3 Å². The lowest BCUT2D eigenvalue weighted by atomic mass is 10.2. The van der Waals surface area contributed by atoms with Gasteiger partial charge in [-0.15, -0.1) is 11.3 Å². The summed E-state index contributed by atoms with van der Waals surface area (Å²) in [4.78, 5) is 4.02. The number of nitrogens with zero attached hydrogens (tertiary/aromatic N) is 2. The van der Waals surface area contributed by atoms with Gasteiger partial charge in [-0.05, 0) is 12.1 Å². The number of rotatable bonds is 4. The van der Waals surface area contributed by atoms with Crippen molar-refractivity contribution >= 4 is 38.6 Å². The lowest BCUT2D eigenvalue weighted by Crippen LogP contribution is -1.92. The molecular weight excluding hydrogens is 318 g/mol. The average Bonchev–Trinajstić information content (AvgIpc) is 2.86. The van der Waals surface area contributed by atoms with Gasteiger partial charge in [-0.25, -0.2) is 4.98 Å². The number of hydrogen-bond donors (Lipinski definition) is 2. The van der Waals surface area contributed by atoms with E-state index in [2.05, 4.69) is 31.4 Å². The molecule has 1 heterocycles. The smallest absolute Gasteiger partial charge is 0.203 e. The van der Waals surface area contributed by atoms with E-state index in [0.717, 1.165) is 4.47 Å². The summed E-state index contributed by atoms with van der Waals surface area (Å²) in [5.41, 5.74) is 3.31. The van der Waals surface area contributed by atoms with Gasteiger partial charge in [0.1, 0.15) is 0 Å². The summed E-state index contributed by atoms with van der Waals surface area (Å²) in [6.07, 6.45) is 3.19. The van der Waals surface area contributed by atoms with E-state index < -0.39 is 0 Å². The molecule has 0 aliphatic rings. The van der Waals surface area contributed by atoms with Crippen molar-refractivity contribution in [2.75, 3.05) is 12.5 Å². The first-order valence-corrected chi connectivity index (χ1v) is 6.63. The van der Waals surface area contributed by atoms with Crippen molar-refractivity contribution in [3.8, 4) is 11.5 Å². The SMILES string of the molecule is COc1cc(Br)cc(/C=N/Nc2nccs2)c1O. The highest BCUT2D eigenvalue weighted by Crippen LogP contribution is 2.32. The first kappa shape index (κ1) is 12.8. The molecule has 0 radical (unpaired) electrons. The Labute approximate surface area is 116 Å². The number of thiazole rings is 1. The number of nitrogens with one attached hydrogen (secondary N) is 1. The van der Waals surface area contributed by atoms with Crippen molar-refractivity contribution in [2.24, 2.45) is 5.10 Å². The molecule has 5 nitrogen and oxygen atoms in total. The zero-order valence-corrected chi connectivity index (χ0v) is 11.8. The fourth-order valence-corrected chi connectivity index (χ4v) is 2.22. The van der Waals surface area contributed by atoms with Crippen LogP contribution in [-0.4, -0.2) is 23.4 Å². The summed E-state index contributed by atoms with van der Waals surface area (Å²) in [7, 11) is 1.50. The zero-order valence-electron chi connectivity index (χ0n) is 9.42. The standard InChI is InChI=1S/C11H10BrN3O2S/c1-17-9-5-8(12)4-7(10(9)16)6-14-15-11-13-2-3-18-11/h2-6,16H,1H3,(H,13,15)/b14-6+. The van der Waals surface area contributed by atoms with Crippen LogP contribution in [0.25, 0.3) is 0 Å². The maximum atomic E-state index is 9.89. The fraction of sp³-hybridized carbons (Fsp3) is 0.0909. The number of aromatic hydroxyl groups is 1. The molecule has 18 heavy (non-hydrogen) atoms. The summed E-state index contributed by atoms with van der Waals surface area (Å²) >= 11 is 4.78. The number of phenolic OH excluding ortho intramolecular Hbond substituents is 1. The molecule has 0 saturated carbocycles. The largest absolute Gasteiger partial charge is 0.504 e. The van der Waals surface area contributed by atoms with Gasteiger partial charge in [-0.3, -0.25) is 5.43 Å². The average molecular weight is 328 g/mol. The lowest BCUT2D eigenvalue weighted by Gasteiger charge is -2.06. The fourth-order valence-electron chi connectivity index (χ4n) is 1.28. The van der Waals surface area contributed by atoms with Crippen molar-refractivity contribution < 1.29 is 9.84 Å². The number of halogens is 1. The molecule has 0 unspecified atom stereocenters. The quantitative estimate of drug-likeness (QED) is 0.669. The number of methoxy groups -OCH3 is 1. The van der Waals surface area contributed by atoms with Crippen LogP contribution in [0.1, 0.15) is 5.56 Å². The van der Waals surface area contributed by atoms with Crippen molar-refractivity contribution in [1.82, 2.24) is 4.98 Å². The Kier molecular flexibility index (Phi) is 4.16. The van der Waals surface area contributed by atoms with Crippen LogP contribution in [-0.2, 0) is 0 Å². The third kappa shape index (κ3) is 2.99. The van der Waals surface area contributed by atoms with E-state index in [-0.39, 0.29) is 5.75 Å². The van der Waals surface area contributed by atoms with Gasteiger partial charge in [0.05, 0.1) is 13.3 Å². The zero-order chi connectivity index (χ0) is 13.0. The Morgan fingerprint density at radius 2 is 2.39 bits per heavy atom. The Morgan fingerprint density at radius 1 is 1.56 bits per heavy atom. The van der Waals surface area contributed by atoms with Crippen LogP contribution in [0.3, 0.4) is 0 Å². The van der Waals surface area contributed by atoms with E-state index in [1.54, 1.807) is 18.3 Å². The van der Waals surface area contributed by atoms with Crippen LogP contribution in [0.2, 0.25) is 0 Å². The third-order valence-corrected chi connectivity index (χ3v) is 3.22. The highest BCUT2D eigenvalue weighted by molar-refractivity contribution is 9.10. The molecule has 0 fully saturated rings. The van der Waals surface area contributed by atoms with E-state index >= 15 is 0 Å². The molecule has 0 amide bonds. The maximum Gasteiger partial charge on any atom is 0.203 e.